The summed E-state index contributed by atoms with van der Waals surface area (Å²) in [6.45, 7) is 6.02. The van der Waals surface area contributed by atoms with E-state index in [1.165, 1.54) is 5.69 Å². The second-order valence-corrected chi connectivity index (χ2v) is 8.81. The standard InChI is InChI=1S/C29H27N3O2/c1-19-17-32(18-20(2)34-19)24-13-11-23(12-14-24)27-16-31-28-25(5-4-6-26(28)29(27)33-3)22-9-7-21(15-30)8-10-22/h4-14,16,19-20H,17-18H2,1-3H3/t19-,20-/m1/s1. The normalized spacial score (nSPS) is 18.0. The molecule has 2 heterocycles. The van der Waals surface area contributed by atoms with Gasteiger partial charge in [0, 0.05) is 41.5 Å². The number of pyridine rings is 1. The second-order valence-electron chi connectivity index (χ2n) is 8.81. The van der Waals surface area contributed by atoms with Crippen molar-refractivity contribution in [2.75, 3.05) is 25.1 Å². The molecule has 5 rings (SSSR count). The predicted molar refractivity (Wildman–Crippen MR) is 136 cm³/mol. The number of nitriles is 1. The molecule has 0 N–H and O–H groups in total. The number of nitrogens with zero attached hydrogens (tertiary/aromatic N) is 3. The van der Waals surface area contributed by atoms with E-state index in [9.17, 15) is 0 Å². The zero-order valence-electron chi connectivity index (χ0n) is 19.7. The van der Waals surface area contributed by atoms with Gasteiger partial charge in [-0.05, 0) is 55.3 Å². The number of ether oxygens (including phenoxy) is 2. The summed E-state index contributed by atoms with van der Waals surface area (Å²) in [6.07, 6.45) is 2.33. The summed E-state index contributed by atoms with van der Waals surface area (Å²) in [5, 5.41) is 10.1. The maximum absolute atomic E-state index is 9.11. The Kier molecular flexibility index (Phi) is 5.91. The van der Waals surface area contributed by atoms with Crippen molar-refractivity contribution in [1.29, 1.82) is 5.26 Å². The van der Waals surface area contributed by atoms with Crippen molar-refractivity contribution in [1.82, 2.24) is 4.98 Å². The zero-order chi connectivity index (χ0) is 23.7. The van der Waals surface area contributed by atoms with Crippen LogP contribution in [-0.2, 0) is 4.74 Å². The molecule has 3 aromatic carbocycles. The molecule has 0 radical (unpaired) electrons. The molecule has 0 amide bonds. The first-order valence-electron chi connectivity index (χ1n) is 11.5. The molecular weight excluding hydrogens is 422 g/mol. The molecule has 1 aliphatic rings. The minimum Gasteiger partial charge on any atom is -0.495 e. The van der Waals surface area contributed by atoms with Crippen LogP contribution in [0, 0.1) is 11.3 Å². The summed E-state index contributed by atoms with van der Waals surface area (Å²) in [4.78, 5) is 7.22. The van der Waals surface area contributed by atoms with E-state index < -0.39 is 0 Å². The van der Waals surface area contributed by atoms with E-state index in [0.29, 0.717) is 5.56 Å². The lowest BCUT2D eigenvalue weighted by molar-refractivity contribution is -0.00521. The zero-order valence-corrected chi connectivity index (χ0v) is 19.7. The van der Waals surface area contributed by atoms with Crippen LogP contribution in [0.15, 0.2) is 72.9 Å². The average molecular weight is 450 g/mol. The van der Waals surface area contributed by atoms with Gasteiger partial charge >= 0.3 is 0 Å². The van der Waals surface area contributed by atoms with Gasteiger partial charge in [-0.15, -0.1) is 0 Å². The highest BCUT2D eigenvalue weighted by Crippen LogP contribution is 2.39. The van der Waals surface area contributed by atoms with Gasteiger partial charge in [0.1, 0.15) is 5.75 Å². The summed E-state index contributed by atoms with van der Waals surface area (Å²) in [7, 11) is 1.71. The van der Waals surface area contributed by atoms with Crippen LogP contribution in [0.25, 0.3) is 33.2 Å². The van der Waals surface area contributed by atoms with Crippen LogP contribution < -0.4 is 9.64 Å². The monoisotopic (exact) mass is 449 g/mol. The SMILES string of the molecule is COc1c(-c2ccc(N3C[C@@H](C)O[C@H](C)C3)cc2)cnc2c(-c3ccc(C#N)cc3)cccc12. The van der Waals surface area contributed by atoms with Gasteiger partial charge in [0.2, 0.25) is 0 Å². The van der Waals surface area contributed by atoms with Crippen LogP contribution in [-0.4, -0.2) is 37.4 Å². The van der Waals surface area contributed by atoms with Gasteiger partial charge in [0.25, 0.3) is 0 Å². The van der Waals surface area contributed by atoms with Crippen molar-refractivity contribution in [3.63, 3.8) is 0 Å². The molecule has 1 fully saturated rings. The number of rotatable bonds is 4. The number of anilines is 1. The summed E-state index contributed by atoms with van der Waals surface area (Å²) in [5.74, 6) is 0.807. The number of hydrogen-bond donors (Lipinski definition) is 0. The van der Waals surface area contributed by atoms with E-state index >= 15 is 0 Å². The van der Waals surface area contributed by atoms with E-state index in [0.717, 1.165) is 52.0 Å². The third-order valence-corrected chi connectivity index (χ3v) is 6.34. The third-order valence-electron chi connectivity index (χ3n) is 6.34. The maximum Gasteiger partial charge on any atom is 0.137 e. The molecule has 0 saturated carbocycles. The molecule has 1 saturated heterocycles. The van der Waals surface area contributed by atoms with E-state index in [4.69, 9.17) is 19.7 Å². The molecule has 5 nitrogen and oxygen atoms in total. The average Bonchev–Trinajstić information content (AvgIpc) is 2.87. The van der Waals surface area contributed by atoms with E-state index in [1.54, 1.807) is 7.11 Å². The van der Waals surface area contributed by atoms with Gasteiger partial charge < -0.3 is 14.4 Å². The molecule has 0 aliphatic carbocycles. The van der Waals surface area contributed by atoms with E-state index in [-0.39, 0.29) is 12.2 Å². The van der Waals surface area contributed by atoms with E-state index in [1.807, 2.05) is 42.6 Å². The van der Waals surface area contributed by atoms with Crippen LogP contribution >= 0.6 is 0 Å². The first-order valence-corrected chi connectivity index (χ1v) is 11.5. The smallest absolute Gasteiger partial charge is 0.137 e. The molecule has 2 atom stereocenters. The Morgan fingerprint density at radius 1 is 0.912 bits per heavy atom. The molecule has 4 aromatic rings. The van der Waals surface area contributed by atoms with Gasteiger partial charge in [-0.1, -0.05) is 36.4 Å². The highest BCUT2D eigenvalue weighted by Gasteiger charge is 2.22. The minimum absolute atomic E-state index is 0.221. The van der Waals surface area contributed by atoms with Gasteiger partial charge in [-0.25, -0.2) is 0 Å². The Hall–Kier alpha value is -3.88. The first-order chi connectivity index (χ1) is 16.6. The summed E-state index contributed by atoms with van der Waals surface area (Å²) >= 11 is 0. The lowest BCUT2D eigenvalue weighted by atomic mass is 9.98. The number of fused-ring (bicyclic) bond motifs is 1. The third kappa shape index (κ3) is 4.09. The van der Waals surface area contributed by atoms with Crippen LogP contribution in [0.1, 0.15) is 19.4 Å². The lowest BCUT2D eigenvalue weighted by Gasteiger charge is -2.36. The fourth-order valence-electron chi connectivity index (χ4n) is 4.82. The Morgan fingerprint density at radius 2 is 1.56 bits per heavy atom. The molecule has 0 bridgehead atoms. The molecule has 170 valence electrons. The molecule has 1 aliphatic heterocycles. The van der Waals surface area contributed by atoms with Gasteiger partial charge in [0.15, 0.2) is 0 Å². The maximum atomic E-state index is 9.11. The fourth-order valence-corrected chi connectivity index (χ4v) is 4.82. The van der Waals surface area contributed by atoms with Crippen molar-refractivity contribution >= 4 is 16.6 Å². The van der Waals surface area contributed by atoms with Crippen LogP contribution in [0.5, 0.6) is 5.75 Å². The Labute approximate surface area is 200 Å². The van der Waals surface area contributed by atoms with Crippen LogP contribution in [0.3, 0.4) is 0 Å². The molecule has 34 heavy (non-hydrogen) atoms. The van der Waals surface area contributed by atoms with Crippen molar-refractivity contribution in [2.45, 2.75) is 26.1 Å². The van der Waals surface area contributed by atoms with E-state index in [2.05, 4.69) is 55.1 Å². The molecule has 5 heteroatoms. The number of benzene rings is 3. The Balaban J connectivity index is 1.52. The number of hydrogen-bond acceptors (Lipinski definition) is 5. The largest absolute Gasteiger partial charge is 0.495 e. The summed E-state index contributed by atoms with van der Waals surface area (Å²) < 4.78 is 11.8. The number of methoxy groups -OCH3 is 1. The van der Waals surface area contributed by atoms with Gasteiger partial charge in [-0.2, -0.15) is 5.26 Å². The van der Waals surface area contributed by atoms with Crippen LogP contribution in [0.4, 0.5) is 5.69 Å². The number of para-hydroxylation sites is 1. The molecule has 0 spiro atoms. The molecule has 1 aromatic heterocycles. The van der Waals surface area contributed by atoms with Gasteiger partial charge in [-0.3, -0.25) is 4.98 Å². The Morgan fingerprint density at radius 3 is 2.21 bits per heavy atom. The Bertz CT molecular complexity index is 1350. The summed E-state index contributed by atoms with van der Waals surface area (Å²) in [6, 6.07) is 24.5. The van der Waals surface area contributed by atoms with Crippen molar-refractivity contribution in [3.05, 3.63) is 78.5 Å². The number of aromatic nitrogens is 1. The fraction of sp³-hybridized carbons (Fsp3) is 0.241. The second kappa shape index (κ2) is 9.17. The van der Waals surface area contributed by atoms with Gasteiger partial charge in [0.05, 0.1) is 36.5 Å². The number of morpholine rings is 1. The molecule has 0 unspecified atom stereocenters. The van der Waals surface area contributed by atoms with Crippen molar-refractivity contribution in [3.8, 4) is 34.1 Å². The van der Waals surface area contributed by atoms with Crippen molar-refractivity contribution < 1.29 is 9.47 Å². The van der Waals surface area contributed by atoms with Crippen LogP contribution in [0.2, 0.25) is 0 Å². The van der Waals surface area contributed by atoms with Crippen molar-refractivity contribution in [2.24, 2.45) is 0 Å². The first kappa shape index (κ1) is 21.9. The summed E-state index contributed by atoms with van der Waals surface area (Å²) in [5.41, 5.74) is 6.77. The lowest BCUT2D eigenvalue weighted by Crippen LogP contribution is -2.45. The minimum atomic E-state index is 0.221. The predicted octanol–water partition coefficient (Wildman–Crippen LogP) is 6.06. The highest BCUT2D eigenvalue weighted by atomic mass is 16.5. The quantitative estimate of drug-likeness (QED) is 0.379. The topological polar surface area (TPSA) is 58.4 Å². The highest BCUT2D eigenvalue weighted by molar-refractivity contribution is 6.00. The molecular formula is C29H27N3O2.